The molecular weight excluding hydrogens is 468 g/mol. The number of ether oxygens (including phenoxy) is 1. The van der Waals surface area contributed by atoms with Crippen LogP contribution in [-0.2, 0) is 10.0 Å². The van der Waals surface area contributed by atoms with Gasteiger partial charge in [0.1, 0.15) is 5.75 Å². The summed E-state index contributed by atoms with van der Waals surface area (Å²) in [6.45, 7) is 10.2. The third kappa shape index (κ3) is 6.02. The molecule has 0 aliphatic carbocycles. The number of carbonyl (C=O) groups is 2. The quantitative estimate of drug-likeness (QED) is 0.406. The lowest BCUT2D eigenvalue weighted by atomic mass is 10.2. The van der Waals surface area contributed by atoms with E-state index < -0.39 is 21.8 Å². The Labute approximate surface area is 205 Å². The molecule has 0 aliphatic rings. The number of benzene rings is 2. The number of hydrogen-bond acceptors (Lipinski definition) is 5. The molecule has 0 bridgehead atoms. The maximum absolute atomic E-state index is 12.6. The molecule has 1 heterocycles. The molecule has 0 saturated heterocycles. The second kappa shape index (κ2) is 10.6. The van der Waals surface area contributed by atoms with Gasteiger partial charge in [0.15, 0.2) is 0 Å². The van der Waals surface area contributed by atoms with E-state index in [0.29, 0.717) is 23.6 Å². The van der Waals surface area contributed by atoms with Gasteiger partial charge in [0.25, 0.3) is 21.8 Å². The zero-order chi connectivity index (χ0) is 25.8. The number of aryl methyl sites for hydroxylation is 1. The largest absolute Gasteiger partial charge is 0.494 e. The fraction of sp³-hybridized carbons (Fsp3) is 0.280. The van der Waals surface area contributed by atoms with Crippen LogP contribution < -0.4 is 20.3 Å². The fourth-order valence-corrected chi connectivity index (χ4v) is 4.90. The summed E-state index contributed by atoms with van der Waals surface area (Å²) in [4.78, 5) is 25.1. The smallest absolute Gasteiger partial charge is 0.271 e. The number of hydrogen-bond donors (Lipinski definition) is 3. The van der Waals surface area contributed by atoms with Crippen molar-refractivity contribution in [3.8, 4) is 5.75 Å². The van der Waals surface area contributed by atoms with E-state index >= 15 is 0 Å². The topological polar surface area (TPSA) is 119 Å². The van der Waals surface area contributed by atoms with Crippen molar-refractivity contribution in [2.45, 2.75) is 45.6 Å². The normalized spacial score (nSPS) is 11.3. The van der Waals surface area contributed by atoms with Gasteiger partial charge in [0.05, 0.1) is 17.1 Å². The average molecular weight is 499 g/mol. The molecule has 3 aromatic rings. The van der Waals surface area contributed by atoms with Crippen molar-refractivity contribution in [2.24, 2.45) is 0 Å². The molecule has 0 atom stereocenters. The third-order valence-corrected chi connectivity index (χ3v) is 6.78. The first-order valence-corrected chi connectivity index (χ1v) is 12.7. The Bertz CT molecular complexity index is 1310. The van der Waals surface area contributed by atoms with Gasteiger partial charge in [-0.25, -0.2) is 8.42 Å². The number of nitrogens with zero attached hydrogens (tertiary/aromatic N) is 1. The SMILES string of the molecule is CCOc1ccc(S(=O)(=O)Nc2ccc(C(=O)NNC(=O)c3cc(C)n(C(C)C)c3C)cc2)cc1. The van der Waals surface area contributed by atoms with Gasteiger partial charge in [0, 0.05) is 28.7 Å². The predicted octanol–water partition coefficient (Wildman–Crippen LogP) is 3.96. The lowest BCUT2D eigenvalue weighted by Crippen LogP contribution is -2.41. The molecule has 0 aliphatic heterocycles. The van der Waals surface area contributed by atoms with Crippen LogP contribution in [0.1, 0.15) is 58.9 Å². The molecular formula is C25H30N4O5S. The minimum absolute atomic E-state index is 0.0855. The Kier molecular flexibility index (Phi) is 7.85. The van der Waals surface area contributed by atoms with Crippen molar-refractivity contribution in [2.75, 3.05) is 11.3 Å². The first kappa shape index (κ1) is 25.8. The molecule has 9 nitrogen and oxygen atoms in total. The van der Waals surface area contributed by atoms with Crippen molar-refractivity contribution in [3.05, 3.63) is 77.1 Å². The van der Waals surface area contributed by atoms with Crippen LogP contribution in [0.25, 0.3) is 0 Å². The number of sulfonamides is 1. The number of nitrogens with one attached hydrogen (secondary N) is 3. The van der Waals surface area contributed by atoms with Crippen LogP contribution in [0.15, 0.2) is 59.5 Å². The predicted molar refractivity (Wildman–Crippen MR) is 134 cm³/mol. The van der Waals surface area contributed by atoms with Crippen LogP contribution in [0.2, 0.25) is 0 Å². The highest BCUT2D eigenvalue weighted by Crippen LogP contribution is 2.21. The minimum Gasteiger partial charge on any atom is -0.494 e. The van der Waals surface area contributed by atoms with Crippen LogP contribution >= 0.6 is 0 Å². The van der Waals surface area contributed by atoms with Gasteiger partial charge in [-0.1, -0.05) is 0 Å². The lowest BCUT2D eigenvalue weighted by Gasteiger charge is -2.14. The summed E-state index contributed by atoms with van der Waals surface area (Å²) in [6.07, 6.45) is 0. The van der Waals surface area contributed by atoms with Crippen molar-refractivity contribution in [1.82, 2.24) is 15.4 Å². The summed E-state index contributed by atoms with van der Waals surface area (Å²) >= 11 is 0. The number of amides is 2. The zero-order valence-electron chi connectivity index (χ0n) is 20.4. The van der Waals surface area contributed by atoms with E-state index in [4.69, 9.17) is 4.74 Å². The molecule has 186 valence electrons. The maximum Gasteiger partial charge on any atom is 0.271 e. The molecule has 3 rings (SSSR count). The van der Waals surface area contributed by atoms with Gasteiger partial charge < -0.3 is 9.30 Å². The van der Waals surface area contributed by atoms with Crippen LogP contribution in [0, 0.1) is 13.8 Å². The summed E-state index contributed by atoms with van der Waals surface area (Å²) in [5, 5.41) is 0. The molecule has 0 saturated carbocycles. The summed E-state index contributed by atoms with van der Waals surface area (Å²) in [5.74, 6) is -0.369. The summed E-state index contributed by atoms with van der Waals surface area (Å²) < 4.78 is 35.1. The van der Waals surface area contributed by atoms with Gasteiger partial charge in [0.2, 0.25) is 0 Å². The second-order valence-electron chi connectivity index (χ2n) is 8.24. The Morgan fingerprint density at radius 3 is 2.09 bits per heavy atom. The van der Waals surface area contributed by atoms with Crippen LogP contribution in [0.4, 0.5) is 5.69 Å². The van der Waals surface area contributed by atoms with Crippen molar-refractivity contribution >= 4 is 27.5 Å². The third-order valence-electron chi connectivity index (χ3n) is 5.38. The molecule has 2 amide bonds. The Hall–Kier alpha value is -3.79. The van der Waals surface area contributed by atoms with Crippen LogP contribution in [0.3, 0.4) is 0 Å². The lowest BCUT2D eigenvalue weighted by molar-refractivity contribution is 0.0846. The van der Waals surface area contributed by atoms with Crippen molar-refractivity contribution < 1.29 is 22.7 Å². The van der Waals surface area contributed by atoms with Crippen LogP contribution in [-0.4, -0.2) is 31.4 Å². The summed E-state index contributed by atoms with van der Waals surface area (Å²) in [6, 6.07) is 13.9. The summed E-state index contributed by atoms with van der Waals surface area (Å²) in [7, 11) is -3.81. The van der Waals surface area contributed by atoms with E-state index in [1.165, 1.54) is 36.4 Å². The molecule has 0 radical (unpaired) electrons. The minimum atomic E-state index is -3.81. The second-order valence-corrected chi connectivity index (χ2v) is 9.93. The van der Waals surface area contributed by atoms with E-state index in [1.807, 2.05) is 39.2 Å². The van der Waals surface area contributed by atoms with Gasteiger partial charge in [-0.05, 0) is 89.2 Å². The van der Waals surface area contributed by atoms with Crippen molar-refractivity contribution in [3.63, 3.8) is 0 Å². The van der Waals surface area contributed by atoms with E-state index in [9.17, 15) is 18.0 Å². The van der Waals surface area contributed by atoms with Gasteiger partial charge >= 0.3 is 0 Å². The molecule has 0 unspecified atom stereocenters. The first-order chi connectivity index (χ1) is 16.5. The van der Waals surface area contributed by atoms with Crippen LogP contribution in [0.5, 0.6) is 5.75 Å². The highest BCUT2D eigenvalue weighted by atomic mass is 32.2. The van der Waals surface area contributed by atoms with E-state index in [0.717, 1.165) is 11.4 Å². The highest BCUT2D eigenvalue weighted by molar-refractivity contribution is 7.92. The number of carbonyl (C=O) groups excluding carboxylic acids is 2. The van der Waals surface area contributed by atoms with E-state index in [-0.39, 0.29) is 16.5 Å². The number of aromatic nitrogens is 1. The summed E-state index contributed by atoms with van der Waals surface area (Å²) in [5.41, 5.74) is 7.62. The standard InChI is InChI=1S/C25H30N4O5S/c1-6-34-21-11-13-22(14-12-21)35(32,33)28-20-9-7-19(8-10-20)24(30)26-27-25(31)23-15-17(4)29(16(2)3)18(23)5/h7-16,28H,6H2,1-5H3,(H,26,30)(H,27,31). The van der Waals surface area contributed by atoms with Gasteiger partial charge in [-0.2, -0.15) is 0 Å². The Morgan fingerprint density at radius 2 is 1.54 bits per heavy atom. The molecule has 1 aromatic heterocycles. The molecule has 3 N–H and O–H groups in total. The molecule has 10 heteroatoms. The zero-order valence-corrected chi connectivity index (χ0v) is 21.2. The number of anilines is 1. The molecule has 35 heavy (non-hydrogen) atoms. The van der Waals surface area contributed by atoms with E-state index in [2.05, 4.69) is 15.6 Å². The van der Waals surface area contributed by atoms with Gasteiger partial charge in [-0.15, -0.1) is 0 Å². The van der Waals surface area contributed by atoms with E-state index in [1.54, 1.807) is 18.2 Å². The molecule has 0 fully saturated rings. The number of rotatable bonds is 8. The van der Waals surface area contributed by atoms with Crippen molar-refractivity contribution in [1.29, 1.82) is 0 Å². The Morgan fingerprint density at radius 1 is 0.943 bits per heavy atom. The Balaban J connectivity index is 1.62. The molecule has 0 spiro atoms. The van der Waals surface area contributed by atoms with Gasteiger partial charge in [-0.3, -0.25) is 25.2 Å². The highest BCUT2D eigenvalue weighted by Gasteiger charge is 2.18. The first-order valence-electron chi connectivity index (χ1n) is 11.2. The monoisotopic (exact) mass is 498 g/mol. The molecule has 2 aromatic carbocycles. The fourth-order valence-electron chi connectivity index (χ4n) is 3.84. The maximum atomic E-state index is 12.6. The number of hydrazine groups is 1. The average Bonchev–Trinajstić information content (AvgIpc) is 3.12.